The molecule has 1 radical (unpaired) electrons. The Bertz CT molecular complexity index is 751. The molecule has 30 heavy (non-hydrogen) atoms. The number of likely N-dealkylation sites (tertiary alicyclic amines) is 1. The van der Waals surface area contributed by atoms with Crippen LogP contribution in [-0.4, -0.2) is 36.5 Å². The summed E-state index contributed by atoms with van der Waals surface area (Å²) in [4.78, 5) is 4.11. The molecule has 1 fully saturated rings. The fraction of sp³-hybridized carbons (Fsp3) is 0.640. The maximum absolute atomic E-state index is 15.3. The van der Waals surface area contributed by atoms with Gasteiger partial charge >= 0.3 is 0 Å². The molecule has 3 rings (SSSR count). The van der Waals surface area contributed by atoms with Crippen molar-refractivity contribution >= 4 is 5.69 Å². The van der Waals surface area contributed by atoms with Crippen LogP contribution in [-0.2, 0) is 6.54 Å². The van der Waals surface area contributed by atoms with Crippen molar-refractivity contribution in [3.05, 3.63) is 47.1 Å². The Morgan fingerprint density at radius 3 is 2.33 bits per heavy atom. The number of benzene rings is 1. The normalized spacial score (nSPS) is 18.1. The van der Waals surface area contributed by atoms with Crippen molar-refractivity contribution in [1.82, 2.24) is 4.90 Å². The van der Waals surface area contributed by atoms with Crippen molar-refractivity contribution < 1.29 is 13.2 Å². The molecule has 1 saturated heterocycles. The summed E-state index contributed by atoms with van der Waals surface area (Å²) >= 11 is 0. The number of anilines is 1. The Labute approximate surface area is 180 Å². The zero-order valence-corrected chi connectivity index (χ0v) is 18.9. The van der Waals surface area contributed by atoms with E-state index in [9.17, 15) is 8.78 Å². The first-order valence-corrected chi connectivity index (χ1v) is 11.5. The van der Waals surface area contributed by atoms with E-state index in [2.05, 4.69) is 4.90 Å². The number of alkyl halides is 2. The third-order valence-electron chi connectivity index (χ3n) is 6.47. The third kappa shape index (κ3) is 5.40. The minimum atomic E-state index is -2.82. The first-order valence-electron chi connectivity index (χ1n) is 11.5. The zero-order valence-electron chi connectivity index (χ0n) is 18.9. The molecule has 5 heteroatoms. The van der Waals surface area contributed by atoms with Gasteiger partial charge in [0.15, 0.2) is 0 Å². The van der Waals surface area contributed by atoms with Gasteiger partial charge in [-0.2, -0.15) is 0 Å². The van der Waals surface area contributed by atoms with Gasteiger partial charge in [-0.1, -0.05) is 39.3 Å². The van der Waals surface area contributed by atoms with Crippen LogP contribution in [0.5, 0.6) is 0 Å². The van der Waals surface area contributed by atoms with E-state index in [4.69, 9.17) is 0 Å². The summed E-state index contributed by atoms with van der Waals surface area (Å²) in [5.74, 6) is -3.04. The molecule has 1 aromatic carbocycles. The molecule has 1 atom stereocenters. The predicted octanol–water partition coefficient (Wildman–Crippen LogP) is 6.71. The van der Waals surface area contributed by atoms with Crippen LogP contribution in [0.15, 0.2) is 23.8 Å². The van der Waals surface area contributed by atoms with E-state index < -0.39 is 12.0 Å². The van der Waals surface area contributed by atoms with Gasteiger partial charge in [0.05, 0.1) is 6.04 Å². The molecule has 2 aliphatic rings. The number of hydrogen-bond donors (Lipinski definition) is 0. The fourth-order valence-corrected chi connectivity index (χ4v) is 4.71. The Hall–Kier alpha value is -1.49. The average Bonchev–Trinajstić information content (AvgIpc) is 3.38. The molecule has 0 saturated carbocycles. The lowest BCUT2D eigenvalue weighted by molar-refractivity contribution is -0.0320. The highest BCUT2D eigenvalue weighted by Crippen LogP contribution is 2.37. The number of nitrogens with zero attached hydrogens (tertiary/aromatic N) is 2. The minimum absolute atomic E-state index is 0.0513. The van der Waals surface area contributed by atoms with E-state index in [0.717, 1.165) is 37.1 Å². The standard InChI is InChI=1S/C25H36F3N2/c1-5-23(25(27,28)6-2)30(14-11-19-9-10-19)21-15-20(17-29-12-7-8-13-29)24(18(3)4)22(26)16-21/h9-10,15-16,18,23H,5-8,11-14,17H2,1-4H3/t23-/m1/s1. The fourth-order valence-electron chi connectivity index (χ4n) is 4.71. The van der Waals surface area contributed by atoms with Crippen LogP contribution >= 0.6 is 0 Å². The summed E-state index contributed by atoms with van der Waals surface area (Å²) < 4.78 is 45.0. The average molecular weight is 422 g/mol. The lowest BCUT2D eigenvalue weighted by Gasteiger charge is -2.38. The van der Waals surface area contributed by atoms with Gasteiger partial charge in [0.25, 0.3) is 5.92 Å². The largest absolute Gasteiger partial charge is 0.362 e. The van der Waals surface area contributed by atoms with Crippen LogP contribution < -0.4 is 4.90 Å². The lowest BCUT2D eigenvalue weighted by Crippen LogP contribution is -2.48. The molecular formula is C25H36F3N2. The minimum Gasteiger partial charge on any atom is -0.362 e. The van der Waals surface area contributed by atoms with Crippen LogP contribution in [0.25, 0.3) is 0 Å². The second kappa shape index (κ2) is 9.76. The second-order valence-corrected chi connectivity index (χ2v) is 9.03. The molecule has 1 aromatic rings. The van der Waals surface area contributed by atoms with Crippen LogP contribution in [0.3, 0.4) is 0 Å². The van der Waals surface area contributed by atoms with Crippen molar-refractivity contribution in [3.8, 4) is 0 Å². The SMILES string of the molecule is CC[C@@H](N(CCC1=C[CH]1)c1cc(F)c(C(C)C)c(CN2CCCC2)c1)C(F)(F)CC. The summed E-state index contributed by atoms with van der Waals surface area (Å²) in [6, 6.07) is 2.53. The highest BCUT2D eigenvalue weighted by atomic mass is 19.3. The third-order valence-corrected chi connectivity index (χ3v) is 6.47. The van der Waals surface area contributed by atoms with Gasteiger partial charge in [-0.25, -0.2) is 13.2 Å². The quantitative estimate of drug-likeness (QED) is 0.392. The zero-order chi connectivity index (χ0) is 21.9. The number of allylic oxidation sites excluding steroid dienone is 1. The predicted molar refractivity (Wildman–Crippen MR) is 119 cm³/mol. The number of rotatable bonds is 11. The van der Waals surface area contributed by atoms with E-state index >= 15 is 4.39 Å². The van der Waals surface area contributed by atoms with E-state index in [-0.39, 0.29) is 18.2 Å². The van der Waals surface area contributed by atoms with Gasteiger partial charge in [-0.05, 0) is 68.0 Å². The van der Waals surface area contributed by atoms with Gasteiger partial charge in [0.1, 0.15) is 5.82 Å². The highest BCUT2D eigenvalue weighted by molar-refractivity contribution is 5.54. The summed E-state index contributed by atoms with van der Waals surface area (Å²) in [5, 5.41) is 0. The van der Waals surface area contributed by atoms with Gasteiger partial charge in [0.2, 0.25) is 0 Å². The molecule has 1 aliphatic heterocycles. The maximum atomic E-state index is 15.3. The molecule has 0 amide bonds. The number of halogens is 3. The maximum Gasteiger partial charge on any atom is 0.267 e. The second-order valence-electron chi connectivity index (χ2n) is 9.03. The molecule has 0 aromatic heterocycles. The smallest absolute Gasteiger partial charge is 0.267 e. The van der Waals surface area contributed by atoms with E-state index in [0.29, 0.717) is 31.6 Å². The lowest BCUT2D eigenvalue weighted by atomic mass is 9.94. The van der Waals surface area contributed by atoms with Crippen LogP contribution in [0.1, 0.15) is 76.8 Å². The summed E-state index contributed by atoms with van der Waals surface area (Å²) in [5.41, 5.74) is 3.44. The highest BCUT2D eigenvalue weighted by Gasteiger charge is 2.41. The van der Waals surface area contributed by atoms with Gasteiger partial charge in [0, 0.05) is 31.6 Å². The van der Waals surface area contributed by atoms with Crippen molar-refractivity contribution in [1.29, 1.82) is 0 Å². The van der Waals surface area contributed by atoms with Crippen molar-refractivity contribution in [2.75, 3.05) is 24.5 Å². The van der Waals surface area contributed by atoms with E-state index in [1.807, 2.05) is 32.4 Å². The number of hydrogen-bond acceptors (Lipinski definition) is 2. The van der Waals surface area contributed by atoms with E-state index in [1.165, 1.54) is 18.6 Å². The first-order chi connectivity index (χ1) is 14.3. The molecule has 1 heterocycles. The molecule has 0 spiro atoms. The molecule has 2 nitrogen and oxygen atoms in total. The van der Waals surface area contributed by atoms with Gasteiger partial charge in [-0.15, -0.1) is 0 Å². The van der Waals surface area contributed by atoms with Crippen molar-refractivity contribution in [2.24, 2.45) is 0 Å². The Kier molecular flexibility index (Phi) is 7.54. The Morgan fingerprint density at radius 1 is 1.13 bits per heavy atom. The summed E-state index contributed by atoms with van der Waals surface area (Å²) in [6.45, 7) is 10.5. The molecule has 0 N–H and O–H groups in total. The molecular weight excluding hydrogens is 385 g/mol. The van der Waals surface area contributed by atoms with Crippen LogP contribution in [0.2, 0.25) is 0 Å². The Morgan fingerprint density at radius 2 is 1.80 bits per heavy atom. The van der Waals surface area contributed by atoms with Crippen LogP contribution in [0, 0.1) is 12.2 Å². The summed E-state index contributed by atoms with van der Waals surface area (Å²) in [6.07, 6.45) is 7.17. The molecule has 1 aliphatic carbocycles. The first kappa shape index (κ1) is 23.2. The molecule has 0 bridgehead atoms. The molecule has 167 valence electrons. The van der Waals surface area contributed by atoms with Crippen LogP contribution in [0.4, 0.5) is 18.9 Å². The van der Waals surface area contributed by atoms with Crippen molar-refractivity contribution in [2.45, 2.75) is 84.2 Å². The van der Waals surface area contributed by atoms with Gasteiger partial charge in [-0.3, -0.25) is 4.90 Å². The molecule has 0 unspecified atom stereocenters. The summed E-state index contributed by atoms with van der Waals surface area (Å²) in [7, 11) is 0. The van der Waals surface area contributed by atoms with Gasteiger partial charge < -0.3 is 4.90 Å². The van der Waals surface area contributed by atoms with Crippen molar-refractivity contribution in [3.63, 3.8) is 0 Å². The van der Waals surface area contributed by atoms with E-state index in [1.54, 1.807) is 11.8 Å². The Balaban J connectivity index is 1.99. The topological polar surface area (TPSA) is 6.48 Å². The monoisotopic (exact) mass is 421 g/mol.